The lowest BCUT2D eigenvalue weighted by Gasteiger charge is -1.96. The Morgan fingerprint density at radius 1 is 0.852 bits per heavy atom. The van der Waals surface area contributed by atoms with Gasteiger partial charge >= 0.3 is 11.9 Å². The molecule has 2 rings (SSSR count). The summed E-state index contributed by atoms with van der Waals surface area (Å²) in [5.74, 6) is -2.33. The minimum absolute atomic E-state index is 0.0707. The summed E-state index contributed by atoms with van der Waals surface area (Å²) in [6.45, 7) is 4.00. The van der Waals surface area contributed by atoms with E-state index < -0.39 is 21.8 Å². The van der Waals surface area contributed by atoms with Gasteiger partial charge in [0.2, 0.25) is 0 Å². The third kappa shape index (κ3) is 8.22. The quantitative estimate of drug-likeness (QED) is 0.366. The zero-order valence-corrected chi connectivity index (χ0v) is 16.3. The molecule has 0 saturated heterocycles. The zero-order chi connectivity index (χ0) is 21.1. The number of hydrogen-bond acceptors (Lipinski definition) is 6. The maximum Gasteiger partial charge on any atom is 0.335 e. The number of non-ortho nitro benzene ring substituents is 2. The second-order valence-electron chi connectivity index (χ2n) is 4.37. The van der Waals surface area contributed by atoms with Crippen molar-refractivity contribution < 1.29 is 29.6 Å². The molecule has 0 aliphatic carbocycles. The molecule has 0 aliphatic rings. The fraction of sp³-hybridized carbons (Fsp3) is 0.125. The lowest BCUT2D eigenvalue weighted by Crippen LogP contribution is -1.98. The average molecular weight is 490 g/mol. The molecular formula is C16H15IN2O8. The smallest absolute Gasteiger partial charge is 0.335 e. The molecule has 0 fully saturated rings. The molecular weight excluding hydrogens is 475 g/mol. The summed E-state index contributed by atoms with van der Waals surface area (Å²) in [6.07, 6.45) is 0. The lowest BCUT2D eigenvalue weighted by atomic mass is 10.2. The van der Waals surface area contributed by atoms with Crippen molar-refractivity contribution in [1.82, 2.24) is 0 Å². The molecule has 0 heterocycles. The average Bonchev–Trinajstić information content (AvgIpc) is 2.63. The van der Waals surface area contributed by atoms with Gasteiger partial charge in [0.15, 0.2) is 0 Å². The second kappa shape index (κ2) is 11.5. The summed E-state index contributed by atoms with van der Waals surface area (Å²) in [5, 5.41) is 37.6. The van der Waals surface area contributed by atoms with Crippen molar-refractivity contribution in [3.63, 3.8) is 0 Å². The van der Waals surface area contributed by atoms with E-state index in [1.165, 1.54) is 30.3 Å². The number of carboxylic acid groups (broad SMARTS) is 2. The van der Waals surface area contributed by atoms with Gasteiger partial charge in [-0.15, -0.1) is 0 Å². The van der Waals surface area contributed by atoms with E-state index in [2.05, 4.69) is 0 Å². The van der Waals surface area contributed by atoms with Crippen LogP contribution in [0.25, 0.3) is 0 Å². The van der Waals surface area contributed by atoms with Crippen molar-refractivity contribution in [3.8, 4) is 0 Å². The predicted molar refractivity (Wildman–Crippen MR) is 104 cm³/mol. The van der Waals surface area contributed by atoms with Crippen LogP contribution in [-0.4, -0.2) is 32.0 Å². The van der Waals surface area contributed by atoms with E-state index >= 15 is 0 Å². The highest BCUT2D eigenvalue weighted by atomic mass is 127. The fourth-order valence-electron chi connectivity index (χ4n) is 1.56. The van der Waals surface area contributed by atoms with E-state index in [-0.39, 0.29) is 22.5 Å². The van der Waals surface area contributed by atoms with Crippen LogP contribution < -0.4 is 0 Å². The first kappa shape index (κ1) is 23.9. The van der Waals surface area contributed by atoms with E-state index in [0.29, 0.717) is 3.57 Å². The maximum atomic E-state index is 10.5. The fourth-order valence-corrected chi connectivity index (χ4v) is 2.21. The highest BCUT2D eigenvalue weighted by Gasteiger charge is 2.12. The Balaban J connectivity index is 0.000000460. The SMILES string of the molecule is CC.O=C(O)c1cc(I)cc([N+](=O)[O-])c1.O=C(O)c1cccc([N+](=O)[O-])c1. The molecule has 11 heteroatoms. The van der Waals surface area contributed by atoms with Gasteiger partial charge in [0.05, 0.1) is 21.0 Å². The van der Waals surface area contributed by atoms with Gasteiger partial charge in [-0.1, -0.05) is 19.9 Å². The molecule has 27 heavy (non-hydrogen) atoms. The van der Waals surface area contributed by atoms with Gasteiger partial charge in [0, 0.05) is 27.8 Å². The molecule has 0 aromatic heterocycles. The van der Waals surface area contributed by atoms with Gasteiger partial charge in [0.1, 0.15) is 0 Å². The summed E-state index contributed by atoms with van der Waals surface area (Å²) in [4.78, 5) is 40.1. The summed E-state index contributed by atoms with van der Waals surface area (Å²) in [7, 11) is 0. The molecule has 0 radical (unpaired) electrons. The molecule has 0 spiro atoms. The van der Waals surface area contributed by atoms with Gasteiger partial charge < -0.3 is 10.2 Å². The number of benzene rings is 2. The molecule has 2 aromatic rings. The van der Waals surface area contributed by atoms with E-state index in [0.717, 1.165) is 12.1 Å². The Bertz CT molecular complexity index is 793. The van der Waals surface area contributed by atoms with Crippen molar-refractivity contribution in [3.05, 3.63) is 77.4 Å². The highest BCUT2D eigenvalue weighted by molar-refractivity contribution is 14.1. The standard InChI is InChI=1S/C7H4INO4.C7H5NO4.C2H6/c8-5-1-4(7(10)11)2-6(3-5)9(12)13;9-7(10)5-2-1-3-6(4-5)8(11)12;1-2/h1-3H,(H,10,11);1-4H,(H,9,10);1-2H3. The second-order valence-corrected chi connectivity index (χ2v) is 5.62. The first-order valence-corrected chi connectivity index (χ1v) is 8.35. The minimum atomic E-state index is -1.17. The summed E-state index contributed by atoms with van der Waals surface area (Å²) < 4.78 is 0.532. The Hall–Kier alpha value is -3.09. The molecule has 10 nitrogen and oxygen atoms in total. The van der Waals surface area contributed by atoms with Crippen molar-refractivity contribution in [2.24, 2.45) is 0 Å². The van der Waals surface area contributed by atoms with Crippen LogP contribution in [0, 0.1) is 23.8 Å². The van der Waals surface area contributed by atoms with Gasteiger partial charge in [-0.05, 0) is 34.7 Å². The number of carbonyl (C=O) groups is 2. The number of nitro benzene ring substituents is 2. The highest BCUT2D eigenvalue weighted by Crippen LogP contribution is 2.18. The van der Waals surface area contributed by atoms with Gasteiger partial charge in [-0.25, -0.2) is 9.59 Å². The Labute approximate surface area is 166 Å². The molecule has 2 N–H and O–H groups in total. The largest absolute Gasteiger partial charge is 0.478 e. The molecule has 0 unspecified atom stereocenters. The van der Waals surface area contributed by atoms with Crippen molar-refractivity contribution >= 4 is 45.9 Å². The van der Waals surface area contributed by atoms with Crippen LogP contribution in [0.2, 0.25) is 0 Å². The first-order chi connectivity index (χ1) is 12.6. The third-order valence-electron chi connectivity index (χ3n) is 2.64. The Kier molecular flexibility index (Phi) is 10.2. The molecule has 0 aliphatic heterocycles. The molecule has 144 valence electrons. The van der Waals surface area contributed by atoms with Gasteiger partial charge in [-0.2, -0.15) is 0 Å². The maximum absolute atomic E-state index is 10.5. The number of carboxylic acids is 2. The first-order valence-electron chi connectivity index (χ1n) is 7.28. The Morgan fingerprint density at radius 3 is 1.78 bits per heavy atom. The minimum Gasteiger partial charge on any atom is -0.478 e. The lowest BCUT2D eigenvalue weighted by molar-refractivity contribution is -0.385. The zero-order valence-electron chi connectivity index (χ0n) is 14.2. The van der Waals surface area contributed by atoms with Gasteiger partial charge in [0.25, 0.3) is 11.4 Å². The van der Waals surface area contributed by atoms with E-state index in [1.807, 2.05) is 36.4 Å². The normalized spacial score (nSPS) is 9.00. The van der Waals surface area contributed by atoms with Gasteiger partial charge in [-0.3, -0.25) is 20.2 Å². The number of aromatic carboxylic acids is 2. The van der Waals surface area contributed by atoms with Crippen LogP contribution in [0.5, 0.6) is 0 Å². The van der Waals surface area contributed by atoms with Crippen LogP contribution in [0.4, 0.5) is 11.4 Å². The van der Waals surface area contributed by atoms with Crippen LogP contribution in [0.3, 0.4) is 0 Å². The number of rotatable bonds is 4. The number of nitrogens with zero attached hydrogens (tertiary/aromatic N) is 2. The molecule has 2 aromatic carbocycles. The number of halogens is 1. The summed E-state index contributed by atoms with van der Waals surface area (Å²) >= 11 is 1.83. The number of hydrogen-bond donors (Lipinski definition) is 2. The third-order valence-corrected chi connectivity index (χ3v) is 3.27. The van der Waals surface area contributed by atoms with Crippen LogP contribution in [0.1, 0.15) is 34.6 Å². The summed E-state index contributed by atoms with van der Waals surface area (Å²) in [5.41, 5.74) is -0.568. The summed E-state index contributed by atoms with van der Waals surface area (Å²) in [6, 6.07) is 8.61. The molecule has 0 amide bonds. The van der Waals surface area contributed by atoms with Crippen LogP contribution >= 0.6 is 22.6 Å². The van der Waals surface area contributed by atoms with E-state index in [1.54, 1.807) is 0 Å². The molecule has 0 saturated carbocycles. The van der Waals surface area contributed by atoms with Crippen LogP contribution in [-0.2, 0) is 0 Å². The van der Waals surface area contributed by atoms with Crippen molar-refractivity contribution in [2.45, 2.75) is 13.8 Å². The van der Waals surface area contributed by atoms with E-state index in [9.17, 15) is 29.8 Å². The van der Waals surface area contributed by atoms with E-state index in [4.69, 9.17) is 10.2 Å². The topological polar surface area (TPSA) is 161 Å². The molecule has 0 atom stereocenters. The van der Waals surface area contributed by atoms with Crippen molar-refractivity contribution in [1.29, 1.82) is 0 Å². The number of nitro groups is 2. The monoisotopic (exact) mass is 490 g/mol. The van der Waals surface area contributed by atoms with Crippen molar-refractivity contribution in [2.75, 3.05) is 0 Å². The Morgan fingerprint density at radius 2 is 1.33 bits per heavy atom. The molecule has 0 bridgehead atoms. The predicted octanol–water partition coefficient (Wildman–Crippen LogP) is 4.22. The van der Waals surface area contributed by atoms with Crippen LogP contribution in [0.15, 0.2) is 42.5 Å².